The van der Waals surface area contributed by atoms with Gasteiger partial charge in [0, 0.05) is 24.7 Å². The Morgan fingerprint density at radius 2 is 2.00 bits per heavy atom. The Balaban J connectivity index is 1.82. The Kier molecular flexibility index (Phi) is 3.66. The number of aryl methyl sites for hydroxylation is 1. The number of amidine groups is 1. The van der Waals surface area contributed by atoms with E-state index in [1.165, 1.54) is 43.6 Å². The zero-order valence-corrected chi connectivity index (χ0v) is 12.2. The Hall–Kier alpha value is -1.55. The molecule has 108 valence electrons. The van der Waals surface area contributed by atoms with E-state index in [1.807, 2.05) is 12.1 Å². The molecule has 2 aliphatic heterocycles. The van der Waals surface area contributed by atoms with Crippen LogP contribution in [0.15, 0.2) is 18.2 Å². The summed E-state index contributed by atoms with van der Waals surface area (Å²) in [5.41, 5.74) is 9.03. The molecule has 1 unspecified atom stereocenters. The van der Waals surface area contributed by atoms with Gasteiger partial charge in [-0.05, 0) is 50.9 Å². The van der Waals surface area contributed by atoms with Crippen LogP contribution in [0.1, 0.15) is 30.4 Å². The molecule has 4 heteroatoms. The molecule has 2 fully saturated rings. The van der Waals surface area contributed by atoms with Crippen molar-refractivity contribution in [1.82, 2.24) is 4.90 Å². The highest BCUT2D eigenvalue weighted by atomic mass is 15.3. The van der Waals surface area contributed by atoms with E-state index in [9.17, 15) is 0 Å². The van der Waals surface area contributed by atoms with Gasteiger partial charge in [-0.1, -0.05) is 12.1 Å². The van der Waals surface area contributed by atoms with Crippen molar-refractivity contribution in [1.29, 1.82) is 5.41 Å². The third-order valence-electron chi connectivity index (χ3n) is 4.66. The van der Waals surface area contributed by atoms with E-state index in [1.54, 1.807) is 0 Å². The van der Waals surface area contributed by atoms with E-state index < -0.39 is 0 Å². The van der Waals surface area contributed by atoms with Crippen LogP contribution in [0.5, 0.6) is 0 Å². The molecule has 1 aromatic rings. The fourth-order valence-corrected chi connectivity index (χ4v) is 3.65. The predicted molar refractivity (Wildman–Crippen MR) is 83.6 cm³/mol. The van der Waals surface area contributed by atoms with Crippen LogP contribution in [-0.4, -0.2) is 43.0 Å². The molecule has 1 aromatic carbocycles. The summed E-state index contributed by atoms with van der Waals surface area (Å²) in [5, 5.41) is 7.79. The molecule has 0 radical (unpaired) electrons. The van der Waals surface area contributed by atoms with Crippen molar-refractivity contribution in [3.63, 3.8) is 0 Å². The number of likely N-dealkylation sites (tertiary alicyclic amines) is 1. The van der Waals surface area contributed by atoms with Gasteiger partial charge in [-0.15, -0.1) is 0 Å². The molecule has 2 saturated heterocycles. The summed E-state index contributed by atoms with van der Waals surface area (Å²) in [6, 6.07) is 6.75. The fourth-order valence-electron chi connectivity index (χ4n) is 3.65. The Morgan fingerprint density at radius 1 is 1.25 bits per heavy atom. The summed E-state index contributed by atoms with van der Waals surface area (Å²) >= 11 is 0. The molecule has 0 bridgehead atoms. The Bertz CT molecular complexity index is 505. The Labute approximate surface area is 121 Å². The van der Waals surface area contributed by atoms with Gasteiger partial charge in [0.25, 0.3) is 0 Å². The van der Waals surface area contributed by atoms with Gasteiger partial charge in [-0.25, -0.2) is 0 Å². The minimum Gasteiger partial charge on any atom is -0.384 e. The van der Waals surface area contributed by atoms with Crippen LogP contribution < -0.4 is 10.6 Å². The lowest BCUT2D eigenvalue weighted by Crippen LogP contribution is -2.35. The smallest absolute Gasteiger partial charge is 0.124 e. The maximum Gasteiger partial charge on any atom is 0.124 e. The van der Waals surface area contributed by atoms with Crippen LogP contribution in [0.4, 0.5) is 5.69 Å². The lowest BCUT2D eigenvalue weighted by Gasteiger charge is -2.26. The van der Waals surface area contributed by atoms with Gasteiger partial charge in [0.2, 0.25) is 0 Å². The van der Waals surface area contributed by atoms with Gasteiger partial charge in [0.1, 0.15) is 5.84 Å². The summed E-state index contributed by atoms with van der Waals surface area (Å²) in [6.07, 6.45) is 3.92. The van der Waals surface area contributed by atoms with Gasteiger partial charge in [-0.2, -0.15) is 0 Å². The average molecular weight is 272 g/mol. The number of anilines is 1. The zero-order valence-electron chi connectivity index (χ0n) is 12.2. The zero-order chi connectivity index (χ0) is 14.1. The van der Waals surface area contributed by atoms with E-state index >= 15 is 0 Å². The third kappa shape index (κ3) is 2.40. The molecule has 0 amide bonds. The summed E-state index contributed by atoms with van der Waals surface area (Å²) in [6.45, 7) is 6.78. The van der Waals surface area contributed by atoms with Gasteiger partial charge in [0.05, 0.1) is 5.69 Å². The minimum atomic E-state index is 0.174. The quantitative estimate of drug-likeness (QED) is 0.653. The van der Waals surface area contributed by atoms with Crippen LogP contribution in [0.2, 0.25) is 0 Å². The van der Waals surface area contributed by atoms with Crippen LogP contribution in [0.25, 0.3) is 0 Å². The van der Waals surface area contributed by atoms with Crippen molar-refractivity contribution in [3.05, 3.63) is 29.3 Å². The van der Waals surface area contributed by atoms with Gasteiger partial charge in [-0.3, -0.25) is 10.3 Å². The molecule has 0 spiro atoms. The maximum atomic E-state index is 7.79. The van der Waals surface area contributed by atoms with Crippen molar-refractivity contribution in [3.8, 4) is 0 Å². The standard InChI is InChI=1S/C16H24N4/c1-12-5-4-6-14(16(17)18)15(12)20-10-7-13(11-20)19-8-2-3-9-19/h4-6,13H,2-3,7-11H2,1H3,(H3,17,18). The summed E-state index contributed by atoms with van der Waals surface area (Å²) in [4.78, 5) is 5.06. The molecule has 0 saturated carbocycles. The van der Waals surface area contributed by atoms with Gasteiger partial charge in [0.15, 0.2) is 0 Å². The van der Waals surface area contributed by atoms with Gasteiger partial charge < -0.3 is 10.6 Å². The first-order chi connectivity index (χ1) is 9.66. The van der Waals surface area contributed by atoms with Crippen molar-refractivity contribution >= 4 is 11.5 Å². The highest BCUT2D eigenvalue weighted by molar-refractivity contribution is 6.01. The number of hydrogen-bond donors (Lipinski definition) is 2. The first-order valence-electron chi connectivity index (χ1n) is 7.60. The molecule has 1 atom stereocenters. The van der Waals surface area contributed by atoms with Crippen molar-refractivity contribution in [2.24, 2.45) is 5.73 Å². The first kappa shape index (κ1) is 13.4. The summed E-state index contributed by atoms with van der Waals surface area (Å²) in [7, 11) is 0. The molecule has 0 aliphatic carbocycles. The molecular formula is C16H24N4. The van der Waals surface area contributed by atoms with E-state index in [0.29, 0.717) is 6.04 Å². The number of rotatable bonds is 3. The lowest BCUT2D eigenvalue weighted by atomic mass is 10.1. The van der Waals surface area contributed by atoms with Crippen molar-refractivity contribution < 1.29 is 0 Å². The number of para-hydroxylation sites is 1. The second-order valence-electron chi connectivity index (χ2n) is 6.02. The predicted octanol–water partition coefficient (Wildman–Crippen LogP) is 1.95. The van der Waals surface area contributed by atoms with Crippen LogP contribution in [-0.2, 0) is 0 Å². The minimum absolute atomic E-state index is 0.174. The van der Waals surface area contributed by atoms with E-state index in [2.05, 4.69) is 22.8 Å². The highest BCUT2D eigenvalue weighted by Gasteiger charge is 2.30. The van der Waals surface area contributed by atoms with Crippen molar-refractivity contribution in [2.75, 3.05) is 31.1 Å². The number of benzene rings is 1. The molecule has 0 aromatic heterocycles. The average Bonchev–Trinajstić information content (AvgIpc) is 3.09. The second-order valence-corrected chi connectivity index (χ2v) is 6.02. The number of nitrogens with two attached hydrogens (primary N) is 1. The molecule has 2 heterocycles. The van der Waals surface area contributed by atoms with E-state index in [-0.39, 0.29) is 5.84 Å². The molecule has 3 rings (SSSR count). The lowest BCUT2D eigenvalue weighted by molar-refractivity contribution is 0.260. The first-order valence-corrected chi connectivity index (χ1v) is 7.60. The number of nitrogens with zero attached hydrogens (tertiary/aromatic N) is 2. The number of nitrogen functional groups attached to an aromatic ring is 1. The van der Waals surface area contributed by atoms with E-state index in [0.717, 1.165) is 18.7 Å². The van der Waals surface area contributed by atoms with Crippen LogP contribution in [0, 0.1) is 12.3 Å². The topological polar surface area (TPSA) is 56.4 Å². The number of hydrogen-bond acceptors (Lipinski definition) is 3. The fraction of sp³-hybridized carbons (Fsp3) is 0.562. The van der Waals surface area contributed by atoms with E-state index in [4.69, 9.17) is 11.1 Å². The van der Waals surface area contributed by atoms with Crippen LogP contribution >= 0.6 is 0 Å². The Morgan fingerprint density at radius 3 is 2.70 bits per heavy atom. The summed E-state index contributed by atoms with van der Waals surface area (Å²) < 4.78 is 0. The second kappa shape index (κ2) is 5.44. The highest BCUT2D eigenvalue weighted by Crippen LogP contribution is 2.30. The molecule has 3 N–H and O–H groups in total. The van der Waals surface area contributed by atoms with Gasteiger partial charge >= 0.3 is 0 Å². The monoisotopic (exact) mass is 272 g/mol. The molecular weight excluding hydrogens is 248 g/mol. The normalized spacial score (nSPS) is 23.4. The summed E-state index contributed by atoms with van der Waals surface area (Å²) in [5.74, 6) is 0.174. The third-order valence-corrected chi connectivity index (χ3v) is 4.66. The SMILES string of the molecule is Cc1cccc(C(=N)N)c1N1CCC(N2CCCC2)C1. The molecule has 2 aliphatic rings. The maximum absolute atomic E-state index is 7.79. The largest absolute Gasteiger partial charge is 0.384 e. The molecule has 20 heavy (non-hydrogen) atoms. The molecule has 4 nitrogen and oxygen atoms in total. The van der Waals surface area contributed by atoms with Crippen LogP contribution in [0.3, 0.4) is 0 Å². The number of nitrogens with one attached hydrogen (secondary N) is 1. The van der Waals surface area contributed by atoms with Crippen molar-refractivity contribution in [2.45, 2.75) is 32.2 Å².